The van der Waals surface area contributed by atoms with Crippen molar-refractivity contribution in [3.63, 3.8) is 0 Å². The molecule has 1 aromatic heterocycles. The van der Waals surface area contributed by atoms with Crippen molar-refractivity contribution in [2.24, 2.45) is 0 Å². The lowest BCUT2D eigenvalue weighted by molar-refractivity contribution is 0.502. The van der Waals surface area contributed by atoms with Gasteiger partial charge in [0.15, 0.2) is 0 Å². The Bertz CT molecular complexity index is 719. The first kappa shape index (κ1) is 14.1. The van der Waals surface area contributed by atoms with E-state index >= 15 is 0 Å². The third-order valence-corrected chi connectivity index (χ3v) is 4.64. The Hall–Kier alpha value is -1.83. The highest BCUT2D eigenvalue weighted by molar-refractivity contribution is 7.88. The van der Waals surface area contributed by atoms with Crippen molar-refractivity contribution in [3.05, 3.63) is 59.7 Å². The second kappa shape index (κ2) is 5.88. The average Bonchev–Trinajstić information content (AvgIpc) is 2.48. The first-order valence-corrected chi connectivity index (χ1v) is 8.34. The summed E-state index contributed by atoms with van der Waals surface area (Å²) in [7, 11) is -3.49. The summed E-state index contributed by atoms with van der Waals surface area (Å²) in [6.45, 7) is 1.34. The van der Waals surface area contributed by atoms with Crippen molar-refractivity contribution in [1.29, 1.82) is 0 Å². The third-order valence-electron chi connectivity index (χ3n) is 3.35. The van der Waals surface area contributed by atoms with E-state index in [0.29, 0.717) is 12.4 Å². The van der Waals surface area contributed by atoms with E-state index in [9.17, 15) is 8.42 Å². The Balaban J connectivity index is 1.78. The van der Waals surface area contributed by atoms with Gasteiger partial charge in [0.1, 0.15) is 11.6 Å². The molecule has 0 amide bonds. The summed E-state index contributed by atoms with van der Waals surface area (Å²) in [4.78, 5) is 7.91. The molecule has 7 heteroatoms. The number of nitrogens with one attached hydrogen (secondary N) is 2. The second-order valence-electron chi connectivity index (χ2n) is 4.92. The van der Waals surface area contributed by atoms with Gasteiger partial charge in [-0.15, -0.1) is 0 Å². The number of sulfonamides is 1. The number of hydrogen-bond acceptors (Lipinski definition) is 5. The fourth-order valence-electron chi connectivity index (χ4n) is 2.43. The number of hydrogen-bond donors (Lipinski definition) is 2. The van der Waals surface area contributed by atoms with Crippen LogP contribution < -0.4 is 10.0 Å². The maximum atomic E-state index is 12.3. The van der Waals surface area contributed by atoms with Crippen LogP contribution in [-0.4, -0.2) is 24.9 Å². The highest BCUT2D eigenvalue weighted by Crippen LogP contribution is 2.22. The summed E-state index contributed by atoms with van der Waals surface area (Å²) in [5, 5.41) is 3.22. The van der Waals surface area contributed by atoms with Crippen LogP contribution in [0.3, 0.4) is 0 Å². The molecule has 0 bridgehead atoms. The molecule has 1 aliphatic heterocycles. The smallest absolute Gasteiger partial charge is 0.219 e. The van der Waals surface area contributed by atoms with Crippen molar-refractivity contribution >= 4 is 10.0 Å². The summed E-state index contributed by atoms with van der Waals surface area (Å²) < 4.78 is 27.2. The van der Waals surface area contributed by atoms with E-state index in [1.165, 1.54) is 12.4 Å². The molecule has 0 fully saturated rings. The first-order valence-electron chi connectivity index (χ1n) is 6.68. The molecule has 0 spiro atoms. The molecule has 1 unspecified atom stereocenters. The predicted octanol–water partition coefficient (Wildman–Crippen LogP) is 0.740. The van der Waals surface area contributed by atoms with Crippen molar-refractivity contribution in [1.82, 2.24) is 20.0 Å². The zero-order chi connectivity index (χ0) is 14.7. The van der Waals surface area contributed by atoms with Gasteiger partial charge in [0.2, 0.25) is 10.0 Å². The standard InChI is InChI=1S/C14H16N4O2S/c19-21(20,10-14-16-6-3-7-17-14)18-13-9-15-8-11-4-1-2-5-12(11)13/h1-7,13,15,18H,8-10H2. The van der Waals surface area contributed by atoms with Crippen LogP contribution in [0.4, 0.5) is 0 Å². The third kappa shape index (κ3) is 3.44. The Morgan fingerprint density at radius 2 is 1.95 bits per heavy atom. The van der Waals surface area contributed by atoms with E-state index in [4.69, 9.17) is 0 Å². The van der Waals surface area contributed by atoms with Gasteiger partial charge in [0.05, 0.1) is 6.04 Å². The molecule has 0 aliphatic carbocycles. The van der Waals surface area contributed by atoms with E-state index in [0.717, 1.165) is 17.7 Å². The van der Waals surface area contributed by atoms with Crippen molar-refractivity contribution in [2.45, 2.75) is 18.3 Å². The molecule has 1 atom stereocenters. The molecular formula is C14H16N4O2S. The predicted molar refractivity (Wildman–Crippen MR) is 78.7 cm³/mol. The van der Waals surface area contributed by atoms with Crippen LogP contribution in [0.5, 0.6) is 0 Å². The normalized spacial score (nSPS) is 18.2. The van der Waals surface area contributed by atoms with Gasteiger partial charge in [-0.2, -0.15) is 0 Å². The van der Waals surface area contributed by atoms with Gasteiger partial charge < -0.3 is 5.32 Å². The highest BCUT2D eigenvalue weighted by Gasteiger charge is 2.24. The van der Waals surface area contributed by atoms with Gasteiger partial charge in [0.25, 0.3) is 0 Å². The number of rotatable bonds is 4. The number of aromatic nitrogens is 2. The van der Waals surface area contributed by atoms with Crippen LogP contribution in [-0.2, 0) is 22.3 Å². The van der Waals surface area contributed by atoms with Gasteiger partial charge in [0, 0.05) is 25.5 Å². The van der Waals surface area contributed by atoms with Crippen LogP contribution >= 0.6 is 0 Å². The van der Waals surface area contributed by atoms with Crippen LogP contribution in [0, 0.1) is 0 Å². The minimum Gasteiger partial charge on any atom is -0.311 e. The molecule has 21 heavy (non-hydrogen) atoms. The van der Waals surface area contributed by atoms with E-state index in [1.54, 1.807) is 6.07 Å². The maximum absolute atomic E-state index is 12.3. The minimum absolute atomic E-state index is 0.216. The van der Waals surface area contributed by atoms with Gasteiger partial charge in [-0.05, 0) is 17.2 Å². The topological polar surface area (TPSA) is 84.0 Å². The largest absolute Gasteiger partial charge is 0.311 e. The monoisotopic (exact) mass is 304 g/mol. The highest BCUT2D eigenvalue weighted by atomic mass is 32.2. The van der Waals surface area contributed by atoms with Crippen molar-refractivity contribution < 1.29 is 8.42 Å². The molecule has 0 radical (unpaired) electrons. The van der Waals surface area contributed by atoms with Gasteiger partial charge in [-0.3, -0.25) is 0 Å². The fraction of sp³-hybridized carbons (Fsp3) is 0.286. The van der Waals surface area contributed by atoms with Crippen molar-refractivity contribution in [3.8, 4) is 0 Å². The van der Waals surface area contributed by atoms with Crippen LogP contribution in [0.1, 0.15) is 23.0 Å². The Morgan fingerprint density at radius 3 is 2.76 bits per heavy atom. The first-order chi connectivity index (χ1) is 10.1. The molecule has 6 nitrogen and oxygen atoms in total. The van der Waals surface area contributed by atoms with E-state index < -0.39 is 10.0 Å². The molecule has 1 aromatic carbocycles. The second-order valence-corrected chi connectivity index (χ2v) is 6.68. The zero-order valence-corrected chi connectivity index (χ0v) is 12.2. The molecule has 1 aliphatic rings. The minimum atomic E-state index is -3.49. The van der Waals surface area contributed by atoms with Crippen molar-refractivity contribution in [2.75, 3.05) is 6.54 Å². The van der Waals surface area contributed by atoms with E-state index in [2.05, 4.69) is 20.0 Å². The molecule has 0 saturated carbocycles. The molecule has 2 N–H and O–H groups in total. The molecule has 3 rings (SSSR count). The summed E-state index contributed by atoms with van der Waals surface area (Å²) in [6, 6.07) is 9.24. The summed E-state index contributed by atoms with van der Waals surface area (Å²) in [6.07, 6.45) is 3.07. The summed E-state index contributed by atoms with van der Waals surface area (Å²) >= 11 is 0. The molecular weight excluding hydrogens is 288 g/mol. The lowest BCUT2D eigenvalue weighted by Gasteiger charge is -2.26. The fourth-order valence-corrected chi connectivity index (χ4v) is 3.65. The Morgan fingerprint density at radius 1 is 1.19 bits per heavy atom. The average molecular weight is 304 g/mol. The summed E-state index contributed by atoms with van der Waals surface area (Å²) in [5.74, 6) is 0.0778. The van der Waals surface area contributed by atoms with Crippen LogP contribution in [0.15, 0.2) is 42.7 Å². The Kier molecular flexibility index (Phi) is 3.96. The van der Waals surface area contributed by atoms with E-state index in [-0.39, 0.29) is 11.8 Å². The molecule has 2 aromatic rings. The lowest BCUT2D eigenvalue weighted by atomic mass is 9.98. The van der Waals surface area contributed by atoms with Gasteiger partial charge >= 0.3 is 0 Å². The number of nitrogens with zero attached hydrogens (tertiary/aromatic N) is 2. The molecule has 2 heterocycles. The quantitative estimate of drug-likeness (QED) is 0.870. The maximum Gasteiger partial charge on any atom is 0.219 e. The Labute approximate surface area is 123 Å². The number of fused-ring (bicyclic) bond motifs is 1. The molecule has 0 saturated heterocycles. The SMILES string of the molecule is O=S(=O)(Cc1ncccn1)NC1CNCc2ccccc21. The van der Waals surface area contributed by atoms with Crippen LogP contribution in [0.25, 0.3) is 0 Å². The van der Waals surface area contributed by atoms with Gasteiger partial charge in [-0.25, -0.2) is 23.1 Å². The zero-order valence-electron chi connectivity index (χ0n) is 11.4. The summed E-state index contributed by atoms with van der Waals surface area (Å²) in [5.41, 5.74) is 2.14. The molecule has 110 valence electrons. The number of benzene rings is 1. The lowest BCUT2D eigenvalue weighted by Crippen LogP contribution is -2.39. The van der Waals surface area contributed by atoms with Gasteiger partial charge in [-0.1, -0.05) is 24.3 Å². The van der Waals surface area contributed by atoms with E-state index in [1.807, 2.05) is 24.3 Å². The van der Waals surface area contributed by atoms with Crippen LogP contribution in [0.2, 0.25) is 0 Å².